The van der Waals surface area contributed by atoms with Crippen molar-refractivity contribution in [3.63, 3.8) is 0 Å². The summed E-state index contributed by atoms with van der Waals surface area (Å²) < 4.78 is 48.1. The Labute approximate surface area is 173 Å². The summed E-state index contributed by atoms with van der Waals surface area (Å²) in [6, 6.07) is 7.74. The van der Waals surface area contributed by atoms with Gasteiger partial charge in [0.05, 0.1) is 22.7 Å². The number of rotatable bonds is 2. The summed E-state index contributed by atoms with van der Waals surface area (Å²) in [5.41, 5.74) is 0.263. The van der Waals surface area contributed by atoms with Crippen molar-refractivity contribution >= 4 is 35.2 Å². The van der Waals surface area contributed by atoms with E-state index in [9.17, 15) is 18.0 Å². The van der Waals surface area contributed by atoms with Gasteiger partial charge in [0.25, 0.3) is 0 Å². The number of methoxy groups -OCH3 is 1. The Morgan fingerprint density at radius 1 is 1.17 bits per heavy atom. The summed E-state index contributed by atoms with van der Waals surface area (Å²) in [5.74, 6) is -1.51. The number of halogens is 5. The second kappa shape index (κ2) is 8.84. The molecule has 0 radical (unpaired) electrons. The number of phenolic OH excluding ortho intramolecular Hbond substituents is 1. The molecule has 0 aliphatic carbocycles. The lowest BCUT2D eigenvalue weighted by Crippen LogP contribution is -2.40. The molecule has 3 rings (SSSR count). The Morgan fingerprint density at radius 3 is 2.31 bits per heavy atom. The number of benzene rings is 2. The van der Waals surface area contributed by atoms with Crippen LogP contribution in [0.15, 0.2) is 35.9 Å². The number of aryl methyl sites for hydroxylation is 1. The SMILES string of the molecule is COc1cc(Cl)c2c(c1)C=C(C(=O)O)C(C(F)(F)F)O2.Cc1ccc(O)c(Cl)c1. The molecule has 1 aliphatic rings. The molecule has 0 saturated heterocycles. The highest BCUT2D eigenvalue weighted by Crippen LogP contribution is 2.42. The van der Waals surface area contributed by atoms with Crippen molar-refractivity contribution in [1.82, 2.24) is 0 Å². The van der Waals surface area contributed by atoms with Crippen molar-refractivity contribution in [1.29, 1.82) is 0 Å². The molecule has 2 aromatic rings. The largest absolute Gasteiger partial charge is 0.506 e. The molecule has 0 saturated carbocycles. The summed E-state index contributed by atoms with van der Waals surface area (Å²) in [6.07, 6.45) is -6.53. The predicted octanol–water partition coefficient (Wildman–Crippen LogP) is 5.49. The van der Waals surface area contributed by atoms with Gasteiger partial charge < -0.3 is 19.7 Å². The van der Waals surface area contributed by atoms with E-state index in [4.69, 9.17) is 42.9 Å². The van der Waals surface area contributed by atoms with E-state index in [0.29, 0.717) is 5.02 Å². The van der Waals surface area contributed by atoms with E-state index in [1.807, 2.05) is 6.92 Å². The van der Waals surface area contributed by atoms with Crippen molar-refractivity contribution in [2.75, 3.05) is 7.11 Å². The molecule has 1 atom stereocenters. The number of phenols is 1. The second-order valence-corrected chi connectivity index (χ2v) is 6.74. The van der Waals surface area contributed by atoms with Gasteiger partial charge in [-0.25, -0.2) is 4.79 Å². The van der Waals surface area contributed by atoms with Crippen LogP contribution in [-0.4, -0.2) is 35.6 Å². The maximum atomic E-state index is 12.8. The molecule has 1 aliphatic heterocycles. The Hall–Kier alpha value is -2.58. The molecule has 29 heavy (non-hydrogen) atoms. The highest BCUT2D eigenvalue weighted by atomic mass is 35.5. The van der Waals surface area contributed by atoms with Crippen LogP contribution in [0.4, 0.5) is 13.2 Å². The van der Waals surface area contributed by atoms with E-state index < -0.39 is 23.8 Å². The minimum Gasteiger partial charge on any atom is -0.506 e. The number of carbonyl (C=O) groups is 1. The maximum Gasteiger partial charge on any atom is 0.430 e. The van der Waals surface area contributed by atoms with Crippen LogP contribution in [-0.2, 0) is 4.79 Å². The van der Waals surface area contributed by atoms with Crippen molar-refractivity contribution in [3.05, 3.63) is 57.1 Å². The van der Waals surface area contributed by atoms with Crippen molar-refractivity contribution in [3.8, 4) is 17.2 Å². The number of alkyl halides is 3. The van der Waals surface area contributed by atoms with Crippen molar-refractivity contribution in [2.45, 2.75) is 19.2 Å². The number of hydrogen-bond acceptors (Lipinski definition) is 4. The Kier molecular flexibility index (Phi) is 6.92. The van der Waals surface area contributed by atoms with E-state index in [1.165, 1.54) is 19.2 Å². The molecule has 2 N–H and O–H groups in total. The fourth-order valence-corrected chi connectivity index (χ4v) is 2.89. The third-order valence-corrected chi connectivity index (χ3v) is 4.34. The number of fused-ring (bicyclic) bond motifs is 1. The monoisotopic (exact) mass is 450 g/mol. The molecule has 0 amide bonds. The summed E-state index contributed by atoms with van der Waals surface area (Å²) >= 11 is 11.4. The standard InChI is InChI=1S/C12H8ClF3O4.C7H7ClO/c1-19-6-2-5-3-7(11(17)18)10(12(14,15)16)20-9(5)8(13)4-6;1-5-2-3-7(9)6(8)4-5/h2-4,10H,1H3,(H,17,18);2-4,9H,1H3. The topological polar surface area (TPSA) is 76.0 Å². The summed E-state index contributed by atoms with van der Waals surface area (Å²) in [5, 5.41) is 18.1. The minimum absolute atomic E-state index is 0.0886. The van der Waals surface area contributed by atoms with Gasteiger partial charge in [0, 0.05) is 11.6 Å². The lowest BCUT2D eigenvalue weighted by molar-refractivity contribution is -0.187. The van der Waals surface area contributed by atoms with Crippen LogP contribution in [0.5, 0.6) is 17.2 Å². The third-order valence-electron chi connectivity index (χ3n) is 3.76. The van der Waals surface area contributed by atoms with Gasteiger partial charge in [-0.2, -0.15) is 13.2 Å². The molecule has 10 heteroatoms. The van der Waals surface area contributed by atoms with Gasteiger partial charge in [0.2, 0.25) is 6.10 Å². The number of aliphatic carboxylic acids is 1. The normalized spacial score (nSPS) is 15.3. The van der Waals surface area contributed by atoms with E-state index in [2.05, 4.69) is 0 Å². The highest BCUT2D eigenvalue weighted by Gasteiger charge is 2.48. The van der Waals surface area contributed by atoms with Gasteiger partial charge >= 0.3 is 12.1 Å². The van der Waals surface area contributed by atoms with Crippen LogP contribution in [0.1, 0.15) is 11.1 Å². The first-order chi connectivity index (χ1) is 13.4. The molecule has 0 fully saturated rings. The van der Waals surface area contributed by atoms with E-state index in [0.717, 1.165) is 11.6 Å². The molecular formula is C19H15Cl2F3O5. The Balaban J connectivity index is 0.000000278. The first-order valence-electron chi connectivity index (χ1n) is 7.95. The summed E-state index contributed by atoms with van der Waals surface area (Å²) in [4.78, 5) is 10.9. The van der Waals surface area contributed by atoms with Crippen LogP contribution >= 0.6 is 23.2 Å². The Morgan fingerprint density at radius 2 is 1.83 bits per heavy atom. The molecule has 1 heterocycles. The van der Waals surface area contributed by atoms with Gasteiger partial charge in [0.15, 0.2) is 0 Å². The number of ether oxygens (including phenoxy) is 2. The highest BCUT2D eigenvalue weighted by molar-refractivity contribution is 6.32. The van der Waals surface area contributed by atoms with Crippen molar-refractivity contribution < 1.29 is 37.7 Å². The molecule has 0 bridgehead atoms. The van der Waals surface area contributed by atoms with Gasteiger partial charge in [-0.05, 0) is 36.8 Å². The number of carboxylic acids is 1. The number of aromatic hydroxyl groups is 1. The lowest BCUT2D eigenvalue weighted by Gasteiger charge is -2.27. The van der Waals surface area contributed by atoms with Crippen LogP contribution in [0.3, 0.4) is 0 Å². The molecule has 0 spiro atoms. The minimum atomic E-state index is -4.86. The summed E-state index contributed by atoms with van der Waals surface area (Å²) in [7, 11) is 1.35. The quantitative estimate of drug-likeness (QED) is 0.632. The van der Waals surface area contributed by atoms with Crippen LogP contribution in [0.25, 0.3) is 6.08 Å². The van der Waals surface area contributed by atoms with Crippen LogP contribution in [0, 0.1) is 6.92 Å². The smallest absolute Gasteiger partial charge is 0.430 e. The van der Waals surface area contributed by atoms with E-state index in [-0.39, 0.29) is 27.8 Å². The zero-order valence-corrected chi connectivity index (χ0v) is 16.6. The molecule has 0 aromatic heterocycles. The average molecular weight is 451 g/mol. The average Bonchev–Trinajstić information content (AvgIpc) is 2.63. The van der Waals surface area contributed by atoms with Gasteiger partial charge in [-0.15, -0.1) is 0 Å². The lowest BCUT2D eigenvalue weighted by atomic mass is 10.0. The van der Waals surface area contributed by atoms with Crippen LogP contribution < -0.4 is 9.47 Å². The molecule has 5 nitrogen and oxygen atoms in total. The van der Waals surface area contributed by atoms with Crippen LogP contribution in [0.2, 0.25) is 10.0 Å². The predicted molar refractivity (Wildman–Crippen MR) is 102 cm³/mol. The first kappa shape index (κ1) is 22.7. The number of hydrogen-bond donors (Lipinski definition) is 2. The zero-order valence-electron chi connectivity index (χ0n) is 15.1. The fourth-order valence-electron chi connectivity index (χ4n) is 2.39. The second-order valence-electron chi connectivity index (χ2n) is 5.93. The maximum absolute atomic E-state index is 12.8. The van der Waals surface area contributed by atoms with Gasteiger partial charge in [-0.1, -0.05) is 29.3 Å². The molecule has 1 unspecified atom stereocenters. The van der Waals surface area contributed by atoms with Gasteiger partial charge in [0.1, 0.15) is 17.2 Å². The molecule has 2 aromatic carbocycles. The molecule has 156 valence electrons. The first-order valence-corrected chi connectivity index (χ1v) is 8.70. The molecular weight excluding hydrogens is 436 g/mol. The van der Waals surface area contributed by atoms with Gasteiger partial charge in [-0.3, -0.25) is 0 Å². The third kappa shape index (κ3) is 5.48. The van der Waals surface area contributed by atoms with E-state index in [1.54, 1.807) is 18.2 Å². The van der Waals surface area contributed by atoms with E-state index >= 15 is 0 Å². The fraction of sp³-hybridized carbons (Fsp3) is 0.211. The number of carboxylic acid groups (broad SMARTS) is 1. The van der Waals surface area contributed by atoms with Crippen molar-refractivity contribution in [2.24, 2.45) is 0 Å². The zero-order chi connectivity index (χ0) is 21.9. The summed E-state index contributed by atoms with van der Waals surface area (Å²) in [6.45, 7) is 1.92. The Bertz CT molecular complexity index is 958.